The molecule has 1 aliphatic heterocycles. The van der Waals surface area contributed by atoms with E-state index < -0.39 is 0 Å². The number of carbonyl (C=O) groups excluding carboxylic acids is 2. The molecule has 5 heteroatoms. The summed E-state index contributed by atoms with van der Waals surface area (Å²) < 4.78 is 0. The van der Waals surface area contributed by atoms with Crippen LogP contribution in [0.15, 0.2) is 72.1 Å². The normalized spacial score (nSPS) is 15.6. The van der Waals surface area contributed by atoms with Crippen molar-refractivity contribution >= 4 is 23.2 Å². The van der Waals surface area contributed by atoms with E-state index in [0.717, 1.165) is 10.4 Å². The largest absolute Gasteiger partial charge is 0.349 e. The summed E-state index contributed by atoms with van der Waals surface area (Å²) in [5, 5.41) is 5.07. The highest BCUT2D eigenvalue weighted by Gasteiger charge is 2.28. The number of hydrogen-bond acceptors (Lipinski definition) is 3. The Morgan fingerprint density at radius 1 is 0.933 bits per heavy atom. The lowest BCUT2D eigenvalue weighted by Gasteiger charge is -2.31. The number of nitrogens with one attached hydrogen (secondary N) is 1. The highest BCUT2D eigenvalue weighted by atomic mass is 32.1. The van der Waals surface area contributed by atoms with Gasteiger partial charge in [0.1, 0.15) is 0 Å². The minimum Gasteiger partial charge on any atom is -0.349 e. The summed E-state index contributed by atoms with van der Waals surface area (Å²) in [6.07, 6.45) is 1.42. The summed E-state index contributed by atoms with van der Waals surface area (Å²) in [6.45, 7) is 3.29. The van der Waals surface area contributed by atoms with Crippen molar-refractivity contribution in [3.8, 4) is 11.1 Å². The van der Waals surface area contributed by atoms with Crippen LogP contribution in [0.3, 0.4) is 0 Å². The van der Waals surface area contributed by atoms with Crippen LogP contribution in [0.2, 0.25) is 0 Å². The number of piperidine rings is 1. The predicted octanol–water partition coefficient (Wildman–Crippen LogP) is 5.14. The monoisotopic (exact) mass is 418 g/mol. The van der Waals surface area contributed by atoms with Crippen molar-refractivity contribution in [3.63, 3.8) is 0 Å². The summed E-state index contributed by atoms with van der Waals surface area (Å²) in [5.74, 6) is 0.122. The first kappa shape index (κ1) is 20.4. The number of thiophene rings is 1. The maximum Gasteiger partial charge on any atom is 0.263 e. The maximum atomic E-state index is 12.8. The molecule has 3 aromatic rings. The fourth-order valence-electron chi connectivity index (χ4n) is 3.91. The molecule has 2 amide bonds. The van der Waals surface area contributed by atoms with Crippen LogP contribution in [0, 0.1) is 5.92 Å². The van der Waals surface area contributed by atoms with Crippen LogP contribution in [0.5, 0.6) is 0 Å². The predicted molar refractivity (Wildman–Crippen MR) is 121 cm³/mol. The summed E-state index contributed by atoms with van der Waals surface area (Å²) in [6, 6.07) is 22.3. The molecule has 0 spiro atoms. The molecule has 0 saturated carbocycles. The molecule has 0 bridgehead atoms. The number of benzene rings is 2. The van der Waals surface area contributed by atoms with Crippen molar-refractivity contribution in [1.29, 1.82) is 0 Å². The first-order valence-electron chi connectivity index (χ1n) is 10.4. The summed E-state index contributed by atoms with van der Waals surface area (Å²) >= 11 is 1.47. The molecular formula is C25H26N2O2S. The van der Waals surface area contributed by atoms with Gasteiger partial charge in [0.2, 0.25) is 5.91 Å². The zero-order chi connectivity index (χ0) is 20.9. The van der Waals surface area contributed by atoms with E-state index in [-0.39, 0.29) is 23.8 Å². The smallest absolute Gasteiger partial charge is 0.263 e. The molecular weight excluding hydrogens is 392 g/mol. The number of rotatable bonds is 5. The molecule has 4 rings (SSSR count). The fraction of sp³-hybridized carbons (Fsp3) is 0.280. The van der Waals surface area contributed by atoms with Gasteiger partial charge < -0.3 is 10.2 Å². The minimum absolute atomic E-state index is 0.0385. The molecule has 154 valence electrons. The van der Waals surface area contributed by atoms with Gasteiger partial charge in [-0.05, 0) is 47.9 Å². The lowest BCUT2D eigenvalue weighted by Crippen LogP contribution is -2.43. The van der Waals surface area contributed by atoms with Gasteiger partial charge in [0.25, 0.3) is 5.91 Å². The van der Waals surface area contributed by atoms with Crippen LogP contribution in [0.1, 0.15) is 41.0 Å². The van der Waals surface area contributed by atoms with Gasteiger partial charge in [-0.2, -0.15) is 0 Å². The molecule has 1 saturated heterocycles. The van der Waals surface area contributed by atoms with Crippen LogP contribution < -0.4 is 5.32 Å². The zero-order valence-electron chi connectivity index (χ0n) is 17.1. The Bertz CT molecular complexity index is 976. The van der Waals surface area contributed by atoms with Gasteiger partial charge in [0, 0.05) is 19.0 Å². The molecule has 1 unspecified atom stereocenters. The van der Waals surface area contributed by atoms with E-state index in [2.05, 4.69) is 41.7 Å². The standard InChI is InChI=1S/C25H26N2O2S/c1-18(19-9-11-21(12-10-19)20-6-3-2-4-7-20)26-24(28)22-13-15-27(16-14-22)25(29)23-8-5-17-30-23/h2-12,17-18,22H,13-16H2,1H3,(H,26,28). The van der Waals surface area contributed by atoms with Crippen LogP contribution in [0.4, 0.5) is 0 Å². The average Bonchev–Trinajstić information content (AvgIpc) is 3.34. The second-order valence-electron chi connectivity index (χ2n) is 7.76. The molecule has 0 radical (unpaired) electrons. The molecule has 1 N–H and O–H groups in total. The molecule has 0 aliphatic carbocycles. The third kappa shape index (κ3) is 4.62. The van der Waals surface area contributed by atoms with Gasteiger partial charge in [-0.3, -0.25) is 9.59 Å². The second-order valence-corrected chi connectivity index (χ2v) is 8.71. The Morgan fingerprint density at radius 2 is 1.60 bits per heavy atom. The van der Waals surface area contributed by atoms with Crippen LogP contribution in [-0.4, -0.2) is 29.8 Å². The first-order valence-corrected chi connectivity index (χ1v) is 11.3. The number of likely N-dealkylation sites (tertiary alicyclic amines) is 1. The number of amides is 2. The Labute approximate surface area is 181 Å². The van der Waals surface area contributed by atoms with E-state index in [4.69, 9.17) is 0 Å². The van der Waals surface area contributed by atoms with Crippen molar-refractivity contribution in [2.45, 2.75) is 25.8 Å². The molecule has 2 aromatic carbocycles. The first-order chi connectivity index (χ1) is 14.6. The highest BCUT2D eigenvalue weighted by Crippen LogP contribution is 2.24. The maximum absolute atomic E-state index is 12.8. The lowest BCUT2D eigenvalue weighted by molar-refractivity contribution is -0.126. The third-order valence-electron chi connectivity index (χ3n) is 5.76. The Kier molecular flexibility index (Phi) is 6.29. The number of hydrogen-bond donors (Lipinski definition) is 1. The van der Waals surface area contributed by atoms with Gasteiger partial charge >= 0.3 is 0 Å². The van der Waals surface area contributed by atoms with E-state index in [9.17, 15) is 9.59 Å². The lowest BCUT2D eigenvalue weighted by atomic mass is 9.94. The molecule has 1 fully saturated rings. The van der Waals surface area contributed by atoms with E-state index in [1.165, 1.54) is 22.5 Å². The number of carbonyl (C=O) groups is 2. The Hall–Kier alpha value is -2.92. The highest BCUT2D eigenvalue weighted by molar-refractivity contribution is 7.12. The van der Waals surface area contributed by atoms with Gasteiger partial charge in [0.05, 0.1) is 10.9 Å². The van der Waals surface area contributed by atoms with E-state index in [1.807, 2.05) is 47.5 Å². The van der Waals surface area contributed by atoms with Crippen molar-refractivity contribution in [1.82, 2.24) is 10.2 Å². The van der Waals surface area contributed by atoms with Gasteiger partial charge in [-0.25, -0.2) is 0 Å². The van der Waals surface area contributed by atoms with Crippen molar-refractivity contribution in [3.05, 3.63) is 82.6 Å². The Morgan fingerprint density at radius 3 is 2.23 bits per heavy atom. The van der Waals surface area contributed by atoms with E-state index in [1.54, 1.807) is 0 Å². The second kappa shape index (κ2) is 9.26. The Balaban J connectivity index is 1.30. The molecule has 1 atom stereocenters. The SMILES string of the molecule is CC(NC(=O)C1CCN(C(=O)c2cccs2)CC1)c1ccc(-c2ccccc2)cc1. The topological polar surface area (TPSA) is 49.4 Å². The van der Waals surface area contributed by atoms with E-state index >= 15 is 0 Å². The number of nitrogens with zero attached hydrogens (tertiary/aromatic N) is 1. The van der Waals surface area contributed by atoms with Crippen molar-refractivity contribution < 1.29 is 9.59 Å². The summed E-state index contributed by atoms with van der Waals surface area (Å²) in [5.41, 5.74) is 3.44. The summed E-state index contributed by atoms with van der Waals surface area (Å²) in [7, 11) is 0. The van der Waals surface area contributed by atoms with Gasteiger partial charge in [0.15, 0.2) is 0 Å². The quantitative estimate of drug-likeness (QED) is 0.623. The van der Waals surface area contributed by atoms with Gasteiger partial charge in [-0.1, -0.05) is 60.7 Å². The minimum atomic E-state index is -0.0481. The van der Waals surface area contributed by atoms with Crippen molar-refractivity contribution in [2.24, 2.45) is 5.92 Å². The molecule has 4 nitrogen and oxygen atoms in total. The van der Waals surface area contributed by atoms with Crippen molar-refractivity contribution in [2.75, 3.05) is 13.1 Å². The van der Waals surface area contributed by atoms with Crippen LogP contribution in [0.25, 0.3) is 11.1 Å². The van der Waals surface area contributed by atoms with Crippen LogP contribution >= 0.6 is 11.3 Å². The van der Waals surface area contributed by atoms with Crippen LogP contribution in [-0.2, 0) is 4.79 Å². The fourth-order valence-corrected chi connectivity index (χ4v) is 4.60. The molecule has 2 heterocycles. The van der Waals surface area contributed by atoms with E-state index in [0.29, 0.717) is 25.9 Å². The summed E-state index contributed by atoms with van der Waals surface area (Å²) in [4.78, 5) is 27.9. The van der Waals surface area contributed by atoms with Gasteiger partial charge in [-0.15, -0.1) is 11.3 Å². The average molecular weight is 419 g/mol. The zero-order valence-corrected chi connectivity index (χ0v) is 17.9. The molecule has 1 aromatic heterocycles. The third-order valence-corrected chi connectivity index (χ3v) is 6.62. The molecule has 30 heavy (non-hydrogen) atoms. The molecule has 1 aliphatic rings.